The molecule has 0 saturated heterocycles. The van der Waals surface area contributed by atoms with Crippen LogP contribution >= 0.6 is 27.3 Å². The quantitative estimate of drug-likeness (QED) is 0.733. The molecule has 0 saturated carbocycles. The highest BCUT2D eigenvalue weighted by atomic mass is 79.9. The fraction of sp³-hybridized carbons (Fsp3) is 0.375. The summed E-state index contributed by atoms with van der Waals surface area (Å²) >= 11 is 5.35. The summed E-state index contributed by atoms with van der Waals surface area (Å²) in [5.74, 6) is 0. The lowest BCUT2D eigenvalue weighted by Gasteiger charge is -2.19. The van der Waals surface area contributed by atoms with Crippen molar-refractivity contribution in [1.82, 2.24) is 5.32 Å². The van der Waals surface area contributed by atoms with Crippen LogP contribution in [0.15, 0.2) is 46.3 Å². The van der Waals surface area contributed by atoms with E-state index in [0.717, 1.165) is 23.9 Å². The van der Waals surface area contributed by atoms with Gasteiger partial charge in [-0.05, 0) is 54.9 Å². The molecule has 1 nitrogen and oxygen atoms in total. The predicted molar refractivity (Wildman–Crippen MR) is 87.8 cm³/mol. The average molecular weight is 338 g/mol. The number of hydrogen-bond acceptors (Lipinski definition) is 2. The van der Waals surface area contributed by atoms with Gasteiger partial charge in [0.1, 0.15) is 0 Å². The molecule has 0 aliphatic heterocycles. The van der Waals surface area contributed by atoms with E-state index in [9.17, 15) is 0 Å². The van der Waals surface area contributed by atoms with E-state index in [2.05, 4.69) is 69.9 Å². The van der Waals surface area contributed by atoms with Gasteiger partial charge in [-0.25, -0.2) is 0 Å². The van der Waals surface area contributed by atoms with Crippen LogP contribution in [0.3, 0.4) is 0 Å². The van der Waals surface area contributed by atoms with E-state index < -0.39 is 0 Å². The highest BCUT2D eigenvalue weighted by molar-refractivity contribution is 9.10. The predicted octanol–water partition coefficient (Wildman–Crippen LogP) is 5.18. The number of thiophene rings is 1. The van der Waals surface area contributed by atoms with Gasteiger partial charge in [0.25, 0.3) is 0 Å². The van der Waals surface area contributed by atoms with Crippen LogP contribution in [-0.2, 0) is 6.42 Å². The van der Waals surface area contributed by atoms with Crippen LogP contribution in [0.5, 0.6) is 0 Å². The van der Waals surface area contributed by atoms with E-state index in [4.69, 9.17) is 0 Å². The molecule has 0 spiro atoms. The van der Waals surface area contributed by atoms with Crippen molar-refractivity contribution in [2.75, 3.05) is 6.54 Å². The molecule has 0 aliphatic rings. The van der Waals surface area contributed by atoms with Crippen molar-refractivity contribution in [2.24, 2.45) is 0 Å². The van der Waals surface area contributed by atoms with Crippen molar-refractivity contribution in [3.8, 4) is 0 Å². The third-order valence-corrected chi connectivity index (χ3v) is 4.64. The lowest BCUT2D eigenvalue weighted by atomic mass is 10.0. The summed E-state index contributed by atoms with van der Waals surface area (Å²) in [5.41, 5.74) is 1.38. The number of hydrogen-bond donors (Lipinski definition) is 1. The SMILES string of the molecule is CCCNC(CCc1cccs1)c1ccc(Br)cc1. The van der Waals surface area contributed by atoms with E-state index in [1.165, 1.54) is 16.9 Å². The molecule has 102 valence electrons. The van der Waals surface area contributed by atoms with Gasteiger partial charge < -0.3 is 5.32 Å². The Hall–Kier alpha value is -0.640. The van der Waals surface area contributed by atoms with Crippen molar-refractivity contribution in [2.45, 2.75) is 32.2 Å². The average Bonchev–Trinajstić information content (AvgIpc) is 2.93. The first-order valence-corrected chi connectivity index (χ1v) is 8.48. The zero-order valence-corrected chi connectivity index (χ0v) is 13.6. The lowest BCUT2D eigenvalue weighted by Crippen LogP contribution is -2.22. The van der Waals surface area contributed by atoms with Crippen LogP contribution < -0.4 is 5.32 Å². The number of halogens is 1. The molecule has 0 aliphatic carbocycles. The Balaban J connectivity index is 2.00. The zero-order valence-electron chi connectivity index (χ0n) is 11.2. The maximum Gasteiger partial charge on any atom is 0.0323 e. The van der Waals surface area contributed by atoms with Gasteiger partial charge in [0.05, 0.1) is 0 Å². The van der Waals surface area contributed by atoms with Crippen molar-refractivity contribution in [3.05, 3.63) is 56.7 Å². The van der Waals surface area contributed by atoms with Gasteiger partial charge in [0.15, 0.2) is 0 Å². The Labute approximate surface area is 128 Å². The van der Waals surface area contributed by atoms with E-state index in [1.54, 1.807) is 0 Å². The molecule has 1 aromatic carbocycles. The molecule has 2 rings (SSSR count). The first kappa shape index (κ1) is 14.8. The fourth-order valence-corrected chi connectivity index (χ4v) is 3.13. The molecule has 1 aromatic heterocycles. The fourth-order valence-electron chi connectivity index (χ4n) is 2.14. The second-order valence-electron chi connectivity index (χ2n) is 4.68. The monoisotopic (exact) mass is 337 g/mol. The highest BCUT2D eigenvalue weighted by Gasteiger charge is 2.10. The molecular formula is C16H20BrNS. The topological polar surface area (TPSA) is 12.0 Å². The Morgan fingerprint density at radius 2 is 2.00 bits per heavy atom. The normalized spacial score (nSPS) is 12.5. The minimum absolute atomic E-state index is 0.454. The maximum absolute atomic E-state index is 3.66. The highest BCUT2D eigenvalue weighted by Crippen LogP contribution is 2.22. The molecule has 1 unspecified atom stereocenters. The molecule has 0 amide bonds. The second kappa shape index (κ2) is 7.83. The number of aryl methyl sites for hydroxylation is 1. The minimum Gasteiger partial charge on any atom is -0.310 e. The first-order valence-electron chi connectivity index (χ1n) is 6.81. The largest absolute Gasteiger partial charge is 0.310 e. The summed E-state index contributed by atoms with van der Waals surface area (Å²) in [6.45, 7) is 3.29. The number of rotatable bonds is 7. The van der Waals surface area contributed by atoms with Crippen LogP contribution in [0.25, 0.3) is 0 Å². The summed E-state index contributed by atoms with van der Waals surface area (Å²) in [6.07, 6.45) is 3.48. The third kappa shape index (κ3) is 4.75. The van der Waals surface area contributed by atoms with Gasteiger partial charge in [-0.3, -0.25) is 0 Å². The van der Waals surface area contributed by atoms with Gasteiger partial charge in [0.2, 0.25) is 0 Å². The summed E-state index contributed by atoms with van der Waals surface area (Å²) < 4.78 is 1.14. The van der Waals surface area contributed by atoms with Gasteiger partial charge in [0, 0.05) is 15.4 Å². The van der Waals surface area contributed by atoms with E-state index in [-0.39, 0.29) is 0 Å². The van der Waals surface area contributed by atoms with Crippen molar-refractivity contribution >= 4 is 27.3 Å². The van der Waals surface area contributed by atoms with E-state index in [1.807, 2.05) is 11.3 Å². The van der Waals surface area contributed by atoms with Crippen molar-refractivity contribution in [3.63, 3.8) is 0 Å². The molecule has 1 N–H and O–H groups in total. The molecule has 0 bridgehead atoms. The molecule has 0 radical (unpaired) electrons. The molecule has 2 aromatic rings. The standard InChI is InChI=1S/C16H20BrNS/c1-2-11-18-16(10-9-15-4-3-12-19-15)13-5-7-14(17)8-6-13/h3-8,12,16,18H,2,9-11H2,1H3. The third-order valence-electron chi connectivity index (χ3n) is 3.17. The van der Waals surface area contributed by atoms with Crippen molar-refractivity contribution in [1.29, 1.82) is 0 Å². The van der Waals surface area contributed by atoms with Crippen LogP contribution in [0, 0.1) is 0 Å². The second-order valence-corrected chi connectivity index (χ2v) is 6.62. The summed E-state index contributed by atoms with van der Waals surface area (Å²) in [7, 11) is 0. The Bertz CT molecular complexity index is 464. The summed E-state index contributed by atoms with van der Waals surface area (Å²) in [6, 6.07) is 13.5. The zero-order chi connectivity index (χ0) is 13.5. The summed E-state index contributed by atoms with van der Waals surface area (Å²) in [4.78, 5) is 1.47. The summed E-state index contributed by atoms with van der Waals surface area (Å²) in [5, 5.41) is 5.81. The molecule has 0 fully saturated rings. The Morgan fingerprint density at radius 1 is 1.21 bits per heavy atom. The molecule has 3 heteroatoms. The van der Waals surface area contributed by atoms with Gasteiger partial charge >= 0.3 is 0 Å². The van der Waals surface area contributed by atoms with Gasteiger partial charge in [-0.2, -0.15) is 0 Å². The van der Waals surface area contributed by atoms with Crippen LogP contribution in [0.4, 0.5) is 0 Å². The lowest BCUT2D eigenvalue weighted by molar-refractivity contribution is 0.500. The molecule has 19 heavy (non-hydrogen) atoms. The Morgan fingerprint density at radius 3 is 2.63 bits per heavy atom. The molecule has 1 atom stereocenters. The van der Waals surface area contributed by atoms with Gasteiger partial charge in [-0.15, -0.1) is 11.3 Å². The smallest absolute Gasteiger partial charge is 0.0323 e. The molecule has 1 heterocycles. The minimum atomic E-state index is 0.454. The molecular weight excluding hydrogens is 318 g/mol. The van der Waals surface area contributed by atoms with E-state index >= 15 is 0 Å². The number of benzene rings is 1. The Kier molecular flexibility index (Phi) is 6.08. The van der Waals surface area contributed by atoms with E-state index in [0.29, 0.717) is 6.04 Å². The number of nitrogens with one attached hydrogen (secondary N) is 1. The maximum atomic E-state index is 3.66. The van der Waals surface area contributed by atoms with Crippen LogP contribution in [0.2, 0.25) is 0 Å². The van der Waals surface area contributed by atoms with Crippen LogP contribution in [0.1, 0.15) is 36.2 Å². The van der Waals surface area contributed by atoms with Crippen molar-refractivity contribution < 1.29 is 0 Å². The van der Waals surface area contributed by atoms with Gasteiger partial charge in [-0.1, -0.05) is 41.1 Å². The van der Waals surface area contributed by atoms with Crippen LogP contribution in [-0.4, -0.2) is 6.54 Å². The first-order chi connectivity index (χ1) is 9.29.